The molecular weight excluding hydrogens is 278 g/mol. The molecule has 0 spiro atoms. The number of aromatic carboxylic acids is 1. The predicted octanol–water partition coefficient (Wildman–Crippen LogP) is 1.96. The van der Waals surface area contributed by atoms with Crippen molar-refractivity contribution < 1.29 is 19.4 Å². The number of carbonyl (C=O) groups is 1. The normalized spacial score (nSPS) is 12.2. The van der Waals surface area contributed by atoms with Crippen molar-refractivity contribution in [2.75, 3.05) is 13.7 Å². The van der Waals surface area contributed by atoms with Crippen LogP contribution in [0.15, 0.2) is 16.9 Å². The summed E-state index contributed by atoms with van der Waals surface area (Å²) < 4.78 is 10.8. The molecule has 0 radical (unpaired) electrons. The Morgan fingerprint density at radius 3 is 2.94 bits per heavy atom. The van der Waals surface area contributed by atoms with Gasteiger partial charge in [-0.2, -0.15) is 0 Å². The van der Waals surface area contributed by atoms with Crippen LogP contribution in [0.4, 0.5) is 0 Å². The minimum absolute atomic E-state index is 0.0739. The number of carboxylic acid groups (broad SMARTS) is 1. The molecule has 6 heteroatoms. The summed E-state index contributed by atoms with van der Waals surface area (Å²) in [4.78, 5) is 14.9. The van der Waals surface area contributed by atoms with E-state index in [1.165, 1.54) is 12.3 Å². The van der Waals surface area contributed by atoms with Crippen molar-refractivity contribution >= 4 is 21.9 Å². The first-order valence-electron chi connectivity index (χ1n) is 4.59. The zero-order valence-corrected chi connectivity index (χ0v) is 10.5. The minimum atomic E-state index is -1.05. The predicted molar refractivity (Wildman–Crippen MR) is 60.9 cm³/mol. The largest absolute Gasteiger partial charge is 0.486 e. The average molecular weight is 290 g/mol. The number of carboxylic acids is 1. The van der Waals surface area contributed by atoms with Gasteiger partial charge in [0.05, 0.1) is 12.8 Å². The Bertz CT molecular complexity index is 383. The molecule has 0 aromatic carbocycles. The van der Waals surface area contributed by atoms with E-state index < -0.39 is 5.97 Å². The maximum Gasteiger partial charge on any atom is 0.339 e. The topological polar surface area (TPSA) is 68.7 Å². The zero-order valence-electron chi connectivity index (χ0n) is 8.94. The Hall–Kier alpha value is -1.14. The van der Waals surface area contributed by atoms with Gasteiger partial charge < -0.3 is 14.6 Å². The Kier molecular flexibility index (Phi) is 4.70. The molecule has 5 nitrogen and oxygen atoms in total. The molecule has 1 N–H and O–H groups in total. The van der Waals surface area contributed by atoms with E-state index in [1.54, 1.807) is 14.0 Å². The van der Waals surface area contributed by atoms with E-state index >= 15 is 0 Å². The van der Waals surface area contributed by atoms with E-state index in [4.69, 9.17) is 14.6 Å². The van der Waals surface area contributed by atoms with Gasteiger partial charge in [-0.15, -0.1) is 0 Å². The first-order chi connectivity index (χ1) is 7.54. The fourth-order valence-electron chi connectivity index (χ4n) is 1.16. The Morgan fingerprint density at radius 2 is 2.38 bits per heavy atom. The standard InChI is InChI=1S/C10H12BrNO4/c1-6(5-15-2)16-8-4-12-9(11)3-7(8)10(13)14/h3-4,6H,5H2,1-2H3,(H,13,14). The van der Waals surface area contributed by atoms with Crippen LogP contribution in [-0.4, -0.2) is 35.9 Å². The summed E-state index contributed by atoms with van der Waals surface area (Å²) in [7, 11) is 1.55. The number of nitrogens with zero attached hydrogens (tertiary/aromatic N) is 1. The van der Waals surface area contributed by atoms with Gasteiger partial charge in [0.25, 0.3) is 0 Å². The highest BCUT2D eigenvalue weighted by atomic mass is 79.9. The molecule has 0 aliphatic heterocycles. The van der Waals surface area contributed by atoms with Gasteiger partial charge in [0.2, 0.25) is 0 Å². The second kappa shape index (κ2) is 5.81. The third-order valence-electron chi connectivity index (χ3n) is 1.79. The quantitative estimate of drug-likeness (QED) is 0.839. The first-order valence-corrected chi connectivity index (χ1v) is 5.38. The maximum absolute atomic E-state index is 11.0. The van der Waals surface area contributed by atoms with Crippen molar-refractivity contribution in [3.05, 3.63) is 22.4 Å². The van der Waals surface area contributed by atoms with Gasteiger partial charge in [-0.3, -0.25) is 0 Å². The molecule has 0 saturated carbocycles. The van der Waals surface area contributed by atoms with Crippen LogP contribution in [0.5, 0.6) is 5.75 Å². The monoisotopic (exact) mass is 289 g/mol. The van der Waals surface area contributed by atoms with Crippen LogP contribution < -0.4 is 4.74 Å². The third-order valence-corrected chi connectivity index (χ3v) is 2.23. The molecule has 1 aromatic rings. The van der Waals surface area contributed by atoms with Crippen LogP contribution in [0.25, 0.3) is 0 Å². The van der Waals surface area contributed by atoms with Crippen LogP contribution in [0.3, 0.4) is 0 Å². The van der Waals surface area contributed by atoms with Gasteiger partial charge in [0.1, 0.15) is 16.3 Å². The summed E-state index contributed by atoms with van der Waals surface area (Å²) in [6.07, 6.45) is 1.14. The molecule has 0 amide bonds. The van der Waals surface area contributed by atoms with Gasteiger partial charge in [0, 0.05) is 7.11 Å². The van der Waals surface area contributed by atoms with Crippen LogP contribution in [-0.2, 0) is 4.74 Å². The first kappa shape index (κ1) is 12.9. The molecule has 0 saturated heterocycles. The molecule has 1 rings (SSSR count). The number of halogens is 1. The SMILES string of the molecule is COCC(C)Oc1cnc(Br)cc1C(=O)O. The summed E-state index contributed by atoms with van der Waals surface area (Å²) in [5.74, 6) is -0.817. The third kappa shape index (κ3) is 3.46. The smallest absolute Gasteiger partial charge is 0.339 e. The molecule has 0 bridgehead atoms. The number of methoxy groups -OCH3 is 1. The van der Waals surface area contributed by atoms with Gasteiger partial charge in [0.15, 0.2) is 5.75 Å². The highest BCUT2D eigenvalue weighted by Gasteiger charge is 2.15. The van der Waals surface area contributed by atoms with Crippen LogP contribution in [0, 0.1) is 0 Å². The van der Waals surface area contributed by atoms with Crippen molar-refractivity contribution in [3.8, 4) is 5.75 Å². The summed E-state index contributed by atoms with van der Waals surface area (Å²) >= 11 is 3.11. The fraction of sp³-hybridized carbons (Fsp3) is 0.400. The van der Waals surface area contributed by atoms with Crippen molar-refractivity contribution in [1.82, 2.24) is 4.98 Å². The summed E-state index contributed by atoms with van der Waals surface area (Å²) in [6, 6.07) is 1.40. The van der Waals surface area contributed by atoms with E-state index in [0.29, 0.717) is 11.2 Å². The molecule has 0 fully saturated rings. The molecule has 0 aliphatic carbocycles. The number of hydrogen-bond donors (Lipinski definition) is 1. The van der Waals surface area contributed by atoms with Crippen LogP contribution in [0.1, 0.15) is 17.3 Å². The Morgan fingerprint density at radius 1 is 1.69 bits per heavy atom. The zero-order chi connectivity index (χ0) is 12.1. The summed E-state index contributed by atoms with van der Waals surface area (Å²) in [5, 5.41) is 8.97. The molecule has 1 heterocycles. The number of ether oxygens (including phenoxy) is 2. The number of aromatic nitrogens is 1. The highest BCUT2D eigenvalue weighted by Crippen LogP contribution is 2.21. The summed E-state index contributed by atoms with van der Waals surface area (Å²) in [5.41, 5.74) is 0.0739. The molecule has 1 aromatic heterocycles. The number of hydrogen-bond acceptors (Lipinski definition) is 4. The van der Waals surface area contributed by atoms with Crippen molar-refractivity contribution in [2.45, 2.75) is 13.0 Å². The van der Waals surface area contributed by atoms with Crippen molar-refractivity contribution in [1.29, 1.82) is 0 Å². The minimum Gasteiger partial charge on any atom is -0.486 e. The highest BCUT2D eigenvalue weighted by molar-refractivity contribution is 9.10. The van der Waals surface area contributed by atoms with Gasteiger partial charge in [-0.25, -0.2) is 9.78 Å². The lowest BCUT2D eigenvalue weighted by molar-refractivity contribution is 0.0673. The van der Waals surface area contributed by atoms with Crippen molar-refractivity contribution in [2.24, 2.45) is 0 Å². The van der Waals surface area contributed by atoms with E-state index in [0.717, 1.165) is 0 Å². The summed E-state index contributed by atoms with van der Waals surface area (Å²) in [6.45, 7) is 2.17. The fourth-order valence-corrected chi connectivity index (χ4v) is 1.50. The number of rotatable bonds is 5. The van der Waals surface area contributed by atoms with Gasteiger partial charge in [-0.05, 0) is 28.9 Å². The van der Waals surface area contributed by atoms with Gasteiger partial charge in [-0.1, -0.05) is 0 Å². The number of pyridine rings is 1. The van der Waals surface area contributed by atoms with Crippen LogP contribution >= 0.6 is 15.9 Å². The Balaban J connectivity index is 2.90. The lowest BCUT2D eigenvalue weighted by Gasteiger charge is -2.14. The Labute approximate surface area is 102 Å². The van der Waals surface area contributed by atoms with Crippen molar-refractivity contribution in [3.63, 3.8) is 0 Å². The average Bonchev–Trinajstić information content (AvgIpc) is 2.20. The maximum atomic E-state index is 11.0. The molecule has 88 valence electrons. The lowest BCUT2D eigenvalue weighted by atomic mass is 10.2. The second-order valence-electron chi connectivity index (χ2n) is 3.19. The molecular formula is C10H12BrNO4. The molecule has 1 unspecified atom stereocenters. The second-order valence-corrected chi connectivity index (χ2v) is 4.00. The molecule has 0 aliphatic rings. The van der Waals surface area contributed by atoms with E-state index in [1.807, 2.05) is 0 Å². The van der Waals surface area contributed by atoms with Gasteiger partial charge >= 0.3 is 5.97 Å². The van der Waals surface area contributed by atoms with Crippen LogP contribution in [0.2, 0.25) is 0 Å². The molecule has 16 heavy (non-hydrogen) atoms. The van der Waals surface area contributed by atoms with E-state index in [-0.39, 0.29) is 17.4 Å². The molecule has 1 atom stereocenters. The lowest BCUT2D eigenvalue weighted by Crippen LogP contribution is -2.19. The van der Waals surface area contributed by atoms with E-state index in [9.17, 15) is 4.79 Å². The van der Waals surface area contributed by atoms with E-state index in [2.05, 4.69) is 20.9 Å².